The van der Waals surface area contributed by atoms with E-state index >= 15 is 0 Å². The summed E-state index contributed by atoms with van der Waals surface area (Å²) in [6.45, 7) is 4.28. The minimum absolute atomic E-state index is 0.000753. The second-order valence-electron chi connectivity index (χ2n) is 10.8. The van der Waals surface area contributed by atoms with Gasteiger partial charge in [0.25, 0.3) is 0 Å². The molecule has 3 aromatic heterocycles. The molecule has 3 aromatic carbocycles. The Labute approximate surface area is 260 Å². The molecule has 9 nitrogen and oxygen atoms in total. The quantitative estimate of drug-likeness (QED) is 0.0670. The van der Waals surface area contributed by atoms with Gasteiger partial charge in [0.2, 0.25) is 0 Å². The minimum Gasteiger partial charge on any atom is -0.486 e. The Balaban J connectivity index is 1.23. The van der Waals surface area contributed by atoms with Crippen LogP contribution in [-0.4, -0.2) is 33.5 Å². The molecule has 0 radical (unpaired) electrons. The van der Waals surface area contributed by atoms with Gasteiger partial charge in [-0.15, -0.1) is 0 Å². The van der Waals surface area contributed by atoms with Gasteiger partial charge in [-0.3, -0.25) is 9.87 Å². The van der Waals surface area contributed by atoms with Crippen LogP contribution in [0.4, 0.5) is 0 Å². The fourth-order valence-corrected chi connectivity index (χ4v) is 5.25. The van der Waals surface area contributed by atoms with Gasteiger partial charge >= 0.3 is 11.9 Å². The maximum absolute atomic E-state index is 13.5. The third kappa shape index (κ3) is 6.78. The van der Waals surface area contributed by atoms with E-state index < -0.39 is 11.9 Å². The zero-order valence-corrected chi connectivity index (χ0v) is 25.2. The number of carbonyl (C=O) groups excluding carboxylic acids is 2. The number of carbonyl (C=O) groups is 2. The number of hydrogen-bond acceptors (Lipinski definition) is 8. The number of aromatic nitrogens is 3. The summed E-state index contributed by atoms with van der Waals surface area (Å²) in [6, 6.07) is 26.8. The van der Waals surface area contributed by atoms with E-state index in [4.69, 9.17) is 19.2 Å². The van der Waals surface area contributed by atoms with Crippen LogP contribution in [0.2, 0.25) is 0 Å². The predicted molar refractivity (Wildman–Crippen MR) is 171 cm³/mol. The summed E-state index contributed by atoms with van der Waals surface area (Å²) in [5, 5.41) is 2.58. The number of aryl methyl sites for hydroxylation is 1. The molecule has 0 unspecified atom stereocenters. The average Bonchev–Trinajstić information content (AvgIpc) is 3.37. The molecule has 0 amide bonds. The van der Waals surface area contributed by atoms with Crippen molar-refractivity contribution in [2.45, 2.75) is 46.3 Å². The Kier molecular flexibility index (Phi) is 8.98. The number of nitrogens with zero attached hydrogens (tertiary/aromatic N) is 2. The molecule has 9 heteroatoms. The number of pyridine rings is 2. The second-order valence-corrected chi connectivity index (χ2v) is 10.8. The lowest BCUT2D eigenvalue weighted by molar-refractivity contribution is -0.279. The maximum Gasteiger partial charge on any atom is 0.346 e. The number of rotatable bonds is 12. The molecule has 0 saturated heterocycles. The highest BCUT2D eigenvalue weighted by Crippen LogP contribution is 2.34. The van der Waals surface area contributed by atoms with Gasteiger partial charge in [-0.1, -0.05) is 61.9 Å². The molecule has 0 atom stereocenters. The summed E-state index contributed by atoms with van der Waals surface area (Å²) < 4.78 is 11.8. The smallest absolute Gasteiger partial charge is 0.346 e. The van der Waals surface area contributed by atoms with E-state index in [9.17, 15) is 9.59 Å². The lowest BCUT2D eigenvalue weighted by atomic mass is 10.0. The second kappa shape index (κ2) is 13.6. The fourth-order valence-electron chi connectivity index (χ4n) is 5.25. The number of benzene rings is 3. The van der Waals surface area contributed by atoms with Crippen molar-refractivity contribution in [1.82, 2.24) is 15.0 Å². The maximum atomic E-state index is 13.5. The summed E-state index contributed by atoms with van der Waals surface area (Å²) >= 11 is 0. The molecule has 0 aliphatic carbocycles. The Morgan fingerprint density at radius 2 is 1.47 bits per heavy atom. The first-order valence-electron chi connectivity index (χ1n) is 15.0. The van der Waals surface area contributed by atoms with Gasteiger partial charge in [-0.05, 0) is 55.3 Å². The number of H-pyrrole nitrogens is 1. The zero-order chi connectivity index (χ0) is 31.2. The van der Waals surface area contributed by atoms with E-state index in [1.807, 2.05) is 92.7 Å². The number of ether oxygens (including phenoxy) is 2. The van der Waals surface area contributed by atoms with Crippen LogP contribution in [-0.2, 0) is 38.9 Å². The molecule has 228 valence electrons. The third-order valence-electron chi connectivity index (χ3n) is 7.55. The van der Waals surface area contributed by atoms with Crippen LogP contribution in [0.5, 0.6) is 5.75 Å². The summed E-state index contributed by atoms with van der Waals surface area (Å²) in [6.07, 6.45) is 1.47. The van der Waals surface area contributed by atoms with Gasteiger partial charge in [0, 0.05) is 27.4 Å². The first-order chi connectivity index (χ1) is 22.0. The van der Waals surface area contributed by atoms with Gasteiger partial charge in [0.15, 0.2) is 0 Å². The van der Waals surface area contributed by atoms with Crippen LogP contribution in [0, 0.1) is 6.92 Å². The number of para-hydroxylation sites is 2. The van der Waals surface area contributed by atoms with E-state index in [0.717, 1.165) is 34.6 Å². The van der Waals surface area contributed by atoms with E-state index in [-0.39, 0.29) is 31.8 Å². The summed E-state index contributed by atoms with van der Waals surface area (Å²) in [5.74, 6) is -0.800. The van der Waals surface area contributed by atoms with Crippen molar-refractivity contribution in [3.05, 3.63) is 113 Å². The molecular weight excluding hydrogens is 570 g/mol. The third-order valence-corrected chi connectivity index (χ3v) is 7.55. The lowest BCUT2D eigenvalue weighted by Gasteiger charge is -2.14. The molecule has 0 aliphatic rings. The van der Waals surface area contributed by atoms with Crippen molar-refractivity contribution in [3.8, 4) is 5.75 Å². The van der Waals surface area contributed by atoms with Crippen LogP contribution in [0.1, 0.15) is 52.8 Å². The SMILES string of the molecule is CCCCOC(=O)c1c(OCc2ccc3ccccc3n2)ccc2[nH]c(C)c(CC(=O)OOCc3ccc4ccccc4n3)c12. The molecule has 6 rings (SSSR count). The van der Waals surface area contributed by atoms with E-state index in [2.05, 4.69) is 15.0 Å². The van der Waals surface area contributed by atoms with E-state index in [0.29, 0.717) is 39.3 Å². The van der Waals surface area contributed by atoms with Gasteiger partial charge in [-0.2, -0.15) is 4.89 Å². The summed E-state index contributed by atoms with van der Waals surface area (Å²) in [7, 11) is 0. The number of esters is 1. The van der Waals surface area contributed by atoms with Gasteiger partial charge < -0.3 is 14.5 Å². The molecule has 0 aliphatic heterocycles. The largest absolute Gasteiger partial charge is 0.486 e. The van der Waals surface area contributed by atoms with Crippen molar-refractivity contribution < 1.29 is 28.8 Å². The number of unbranched alkanes of at least 4 members (excludes halogenated alkanes) is 1. The highest BCUT2D eigenvalue weighted by Gasteiger charge is 2.25. The number of hydrogen-bond donors (Lipinski definition) is 1. The molecule has 0 saturated carbocycles. The minimum atomic E-state index is -0.614. The van der Waals surface area contributed by atoms with Gasteiger partial charge in [0.05, 0.1) is 35.4 Å². The Hall–Kier alpha value is -5.28. The number of nitrogens with one attached hydrogen (secondary N) is 1. The Bertz CT molecular complexity index is 2000. The van der Waals surface area contributed by atoms with Crippen LogP contribution in [0.25, 0.3) is 32.7 Å². The standard InChI is InChI=1S/C36H33N3O6/c1-3-4-19-42-36(41)35-32(43-21-26-15-13-24-9-5-7-11-29(24)38-26)18-17-31-34(35)28(23(2)37-31)20-33(40)45-44-22-27-16-14-25-10-6-8-12-30(25)39-27/h5-18,37H,3-4,19-22H2,1-2H3. The van der Waals surface area contributed by atoms with Crippen molar-refractivity contribution in [1.29, 1.82) is 0 Å². The van der Waals surface area contributed by atoms with Crippen molar-refractivity contribution in [2.75, 3.05) is 6.61 Å². The van der Waals surface area contributed by atoms with Gasteiger partial charge in [0.1, 0.15) is 24.5 Å². The average molecular weight is 604 g/mol. The molecule has 1 N–H and O–H groups in total. The molecule has 0 fully saturated rings. The summed E-state index contributed by atoms with van der Waals surface area (Å²) in [5.41, 5.74) is 5.26. The van der Waals surface area contributed by atoms with E-state index in [1.54, 1.807) is 6.07 Å². The normalized spacial score (nSPS) is 11.2. The monoisotopic (exact) mass is 603 g/mol. The highest BCUT2D eigenvalue weighted by atomic mass is 17.2. The molecule has 45 heavy (non-hydrogen) atoms. The molecule has 0 bridgehead atoms. The molecule has 0 spiro atoms. The van der Waals surface area contributed by atoms with Crippen LogP contribution < -0.4 is 4.74 Å². The van der Waals surface area contributed by atoms with Gasteiger partial charge in [-0.25, -0.2) is 14.6 Å². The first-order valence-corrected chi connectivity index (χ1v) is 15.0. The fraction of sp³-hybridized carbons (Fsp3) is 0.222. The van der Waals surface area contributed by atoms with Crippen LogP contribution >= 0.6 is 0 Å². The zero-order valence-electron chi connectivity index (χ0n) is 25.2. The van der Waals surface area contributed by atoms with E-state index in [1.165, 1.54) is 0 Å². The van der Waals surface area contributed by atoms with Crippen molar-refractivity contribution in [2.24, 2.45) is 0 Å². The number of fused-ring (bicyclic) bond motifs is 3. The Morgan fingerprint density at radius 3 is 2.16 bits per heavy atom. The molecule has 6 aromatic rings. The highest BCUT2D eigenvalue weighted by molar-refractivity contribution is 6.09. The van der Waals surface area contributed by atoms with Crippen molar-refractivity contribution in [3.63, 3.8) is 0 Å². The van der Waals surface area contributed by atoms with Crippen LogP contribution in [0.15, 0.2) is 84.9 Å². The van der Waals surface area contributed by atoms with Crippen LogP contribution in [0.3, 0.4) is 0 Å². The topological polar surface area (TPSA) is 113 Å². The first kappa shape index (κ1) is 29.8. The lowest BCUT2D eigenvalue weighted by Crippen LogP contribution is -2.13. The number of aromatic amines is 1. The molecular formula is C36H33N3O6. The Morgan fingerprint density at radius 1 is 0.800 bits per heavy atom. The summed E-state index contributed by atoms with van der Waals surface area (Å²) in [4.78, 5) is 49.4. The molecule has 3 heterocycles. The predicted octanol–water partition coefficient (Wildman–Crippen LogP) is 7.33. The van der Waals surface area contributed by atoms with Crippen molar-refractivity contribution >= 4 is 44.6 Å².